The largest absolute Gasteiger partial charge is 0.433 e. The quantitative estimate of drug-likeness (QED) is 0.692. The summed E-state index contributed by atoms with van der Waals surface area (Å²) in [6.45, 7) is 1.32. The van der Waals surface area contributed by atoms with Gasteiger partial charge in [0, 0.05) is 5.69 Å². The molecular formula is C13H8Cl2F3N5O2S. The topological polar surface area (TPSA) is 89.3 Å². The number of para-hydroxylation sites is 1. The number of benzene rings is 1. The second kappa shape index (κ2) is 6.25. The van der Waals surface area contributed by atoms with E-state index in [9.17, 15) is 21.6 Å². The van der Waals surface area contributed by atoms with E-state index in [1.54, 1.807) is 0 Å². The second-order valence-electron chi connectivity index (χ2n) is 5.09. The molecule has 0 fully saturated rings. The molecule has 1 aromatic carbocycles. The first kappa shape index (κ1) is 18.7. The van der Waals surface area contributed by atoms with E-state index >= 15 is 0 Å². The molecule has 0 aliphatic carbocycles. The number of nitrogens with zero attached hydrogens (tertiary/aromatic N) is 4. The Labute approximate surface area is 154 Å². The highest BCUT2D eigenvalue weighted by Gasteiger charge is 2.36. The number of hydrogen-bond donors (Lipinski definition) is 1. The zero-order valence-corrected chi connectivity index (χ0v) is 15.0. The maximum Gasteiger partial charge on any atom is 0.433 e. The summed E-state index contributed by atoms with van der Waals surface area (Å²) in [7, 11) is -4.46. The van der Waals surface area contributed by atoms with Crippen LogP contribution in [0.1, 0.15) is 11.4 Å². The SMILES string of the molecule is Cc1cc(C(F)(F)F)n2nc(S(=O)(=O)Nc3c(Cl)cccc3Cl)nc2n1. The Morgan fingerprint density at radius 3 is 2.35 bits per heavy atom. The summed E-state index contributed by atoms with van der Waals surface area (Å²) in [5.74, 6) is -0.511. The van der Waals surface area contributed by atoms with E-state index in [0.717, 1.165) is 6.07 Å². The molecule has 0 aliphatic rings. The van der Waals surface area contributed by atoms with Crippen molar-refractivity contribution in [2.24, 2.45) is 0 Å². The van der Waals surface area contributed by atoms with Crippen LogP contribution in [0.4, 0.5) is 18.9 Å². The number of alkyl halides is 3. The Morgan fingerprint density at radius 1 is 1.15 bits per heavy atom. The highest BCUT2D eigenvalue weighted by molar-refractivity contribution is 7.92. The highest BCUT2D eigenvalue weighted by Crippen LogP contribution is 2.32. The summed E-state index contributed by atoms with van der Waals surface area (Å²) in [5, 5.41) is 2.52. The van der Waals surface area contributed by atoms with Gasteiger partial charge in [-0.1, -0.05) is 29.3 Å². The zero-order chi connectivity index (χ0) is 19.3. The average Bonchev–Trinajstić information content (AvgIpc) is 2.94. The van der Waals surface area contributed by atoms with Gasteiger partial charge in [-0.2, -0.15) is 31.1 Å². The third kappa shape index (κ3) is 3.41. The molecule has 0 unspecified atom stereocenters. The van der Waals surface area contributed by atoms with Crippen molar-refractivity contribution in [2.75, 3.05) is 4.72 Å². The predicted octanol–water partition coefficient (Wildman–Crippen LogP) is 3.56. The van der Waals surface area contributed by atoms with Crippen molar-refractivity contribution >= 4 is 44.7 Å². The Hall–Kier alpha value is -2.11. The molecule has 0 radical (unpaired) electrons. The van der Waals surface area contributed by atoms with Crippen molar-refractivity contribution in [3.8, 4) is 0 Å². The number of rotatable bonds is 3. The fourth-order valence-electron chi connectivity index (χ4n) is 2.06. The van der Waals surface area contributed by atoms with Crippen molar-refractivity contribution in [1.82, 2.24) is 19.6 Å². The first-order valence-electron chi connectivity index (χ1n) is 6.77. The number of anilines is 1. The number of halogens is 5. The van der Waals surface area contributed by atoms with E-state index in [-0.39, 0.29) is 21.4 Å². The molecule has 0 aliphatic heterocycles. The minimum atomic E-state index is -4.78. The van der Waals surface area contributed by atoms with Gasteiger partial charge in [0.25, 0.3) is 21.0 Å². The van der Waals surface area contributed by atoms with Crippen LogP contribution in [0.3, 0.4) is 0 Å². The molecular weight excluding hydrogens is 418 g/mol. The molecule has 0 amide bonds. The van der Waals surface area contributed by atoms with Crippen LogP contribution in [0.2, 0.25) is 10.0 Å². The maximum atomic E-state index is 13.1. The summed E-state index contributed by atoms with van der Waals surface area (Å²) in [6, 6.07) is 4.99. The van der Waals surface area contributed by atoms with Gasteiger partial charge in [0.15, 0.2) is 5.69 Å². The van der Waals surface area contributed by atoms with Gasteiger partial charge in [0.2, 0.25) is 0 Å². The standard InChI is InChI=1S/C13H8Cl2F3N5O2S/c1-6-5-9(13(16,17)18)23-11(19-6)20-12(21-23)26(24,25)22-10-7(14)3-2-4-8(10)15/h2-5,22H,1H3. The highest BCUT2D eigenvalue weighted by atomic mass is 35.5. The van der Waals surface area contributed by atoms with Gasteiger partial charge in [0.05, 0.1) is 15.7 Å². The third-order valence-corrected chi connectivity index (χ3v) is 4.91. The van der Waals surface area contributed by atoms with Gasteiger partial charge < -0.3 is 0 Å². The van der Waals surface area contributed by atoms with Crippen LogP contribution in [-0.4, -0.2) is 28.0 Å². The van der Waals surface area contributed by atoms with Crippen LogP contribution < -0.4 is 4.72 Å². The molecule has 0 spiro atoms. The molecule has 3 aromatic rings. The molecule has 0 bridgehead atoms. The molecule has 2 heterocycles. The molecule has 7 nitrogen and oxygen atoms in total. The first-order chi connectivity index (χ1) is 12.0. The zero-order valence-electron chi connectivity index (χ0n) is 12.7. The smallest absolute Gasteiger partial charge is 0.274 e. The lowest BCUT2D eigenvalue weighted by Crippen LogP contribution is -2.16. The average molecular weight is 426 g/mol. The summed E-state index contributed by atoms with van der Waals surface area (Å²) in [6.07, 6.45) is -4.78. The normalized spacial score (nSPS) is 12.5. The van der Waals surface area contributed by atoms with Crippen LogP contribution >= 0.6 is 23.2 Å². The Morgan fingerprint density at radius 2 is 1.77 bits per heavy atom. The number of aromatic nitrogens is 4. The Bertz CT molecular complexity index is 1090. The second-order valence-corrected chi connectivity index (χ2v) is 7.48. The van der Waals surface area contributed by atoms with E-state index in [0.29, 0.717) is 4.52 Å². The molecule has 26 heavy (non-hydrogen) atoms. The van der Waals surface area contributed by atoms with E-state index in [4.69, 9.17) is 23.2 Å². The van der Waals surface area contributed by atoms with Crippen LogP contribution in [0, 0.1) is 6.92 Å². The van der Waals surface area contributed by atoms with E-state index in [1.807, 2.05) is 0 Å². The van der Waals surface area contributed by atoms with Crippen molar-refractivity contribution in [3.63, 3.8) is 0 Å². The Balaban J connectivity index is 2.13. The Kier molecular flexibility index (Phi) is 4.49. The van der Waals surface area contributed by atoms with Crippen molar-refractivity contribution in [1.29, 1.82) is 0 Å². The van der Waals surface area contributed by atoms with Gasteiger partial charge >= 0.3 is 6.18 Å². The number of hydrogen-bond acceptors (Lipinski definition) is 5. The summed E-state index contributed by atoms with van der Waals surface area (Å²) in [5.41, 5.74) is -1.34. The molecule has 1 N–H and O–H groups in total. The summed E-state index contributed by atoms with van der Waals surface area (Å²) >= 11 is 11.8. The van der Waals surface area contributed by atoms with Crippen molar-refractivity contribution < 1.29 is 21.6 Å². The van der Waals surface area contributed by atoms with Gasteiger partial charge in [0.1, 0.15) is 0 Å². The fourth-order valence-corrected chi connectivity index (χ4v) is 3.63. The first-order valence-corrected chi connectivity index (χ1v) is 9.01. The molecule has 0 saturated carbocycles. The molecule has 0 atom stereocenters. The van der Waals surface area contributed by atoms with Crippen LogP contribution in [0.5, 0.6) is 0 Å². The van der Waals surface area contributed by atoms with Gasteiger partial charge in [-0.15, -0.1) is 5.10 Å². The predicted molar refractivity (Wildman–Crippen MR) is 87.8 cm³/mol. The molecule has 138 valence electrons. The molecule has 3 rings (SSSR count). The van der Waals surface area contributed by atoms with E-state index in [2.05, 4.69) is 19.8 Å². The monoisotopic (exact) mass is 425 g/mol. The van der Waals surface area contributed by atoms with Crippen LogP contribution in [-0.2, 0) is 16.2 Å². The fraction of sp³-hybridized carbons (Fsp3) is 0.154. The van der Waals surface area contributed by atoms with Crippen molar-refractivity contribution in [3.05, 3.63) is 45.7 Å². The minimum Gasteiger partial charge on any atom is -0.274 e. The van der Waals surface area contributed by atoms with Crippen LogP contribution in [0.25, 0.3) is 5.78 Å². The van der Waals surface area contributed by atoms with Crippen LogP contribution in [0.15, 0.2) is 29.4 Å². The lowest BCUT2D eigenvalue weighted by Gasteiger charge is -2.09. The number of sulfonamides is 1. The van der Waals surface area contributed by atoms with Crippen molar-refractivity contribution in [2.45, 2.75) is 18.3 Å². The number of nitrogens with one attached hydrogen (secondary N) is 1. The number of fused-ring (bicyclic) bond motifs is 1. The number of aryl methyl sites for hydroxylation is 1. The molecule has 2 aromatic heterocycles. The summed E-state index contributed by atoms with van der Waals surface area (Å²) in [4.78, 5) is 7.35. The summed E-state index contributed by atoms with van der Waals surface area (Å²) < 4.78 is 66.7. The van der Waals surface area contributed by atoms with Gasteiger partial charge in [-0.25, -0.2) is 4.98 Å². The third-order valence-electron chi connectivity index (χ3n) is 3.15. The lowest BCUT2D eigenvalue weighted by atomic mass is 10.3. The van der Waals surface area contributed by atoms with E-state index in [1.165, 1.54) is 25.1 Å². The maximum absolute atomic E-state index is 13.1. The minimum absolute atomic E-state index is 0.00304. The lowest BCUT2D eigenvalue weighted by molar-refractivity contribution is -0.142. The van der Waals surface area contributed by atoms with Gasteiger partial charge in [-0.3, -0.25) is 4.72 Å². The molecule has 0 saturated heterocycles. The molecule has 13 heteroatoms. The van der Waals surface area contributed by atoms with Gasteiger partial charge in [-0.05, 0) is 25.1 Å². The van der Waals surface area contributed by atoms with E-state index < -0.39 is 32.8 Å².